The highest BCUT2D eigenvalue weighted by atomic mass is 127. The second-order valence-corrected chi connectivity index (χ2v) is 7.11. The number of rotatable bonds is 5. The van der Waals surface area contributed by atoms with Crippen LogP contribution in [0.4, 0.5) is 5.69 Å². The monoisotopic (exact) mass is 463 g/mol. The molecule has 26 heavy (non-hydrogen) atoms. The van der Waals surface area contributed by atoms with Gasteiger partial charge in [-0.05, 0) is 60.6 Å². The summed E-state index contributed by atoms with van der Waals surface area (Å²) < 4.78 is 2.59. The Morgan fingerprint density at radius 2 is 2.00 bits per heavy atom. The van der Waals surface area contributed by atoms with E-state index in [0.29, 0.717) is 24.1 Å². The van der Waals surface area contributed by atoms with E-state index in [-0.39, 0.29) is 5.91 Å². The molecule has 3 aromatic rings. The summed E-state index contributed by atoms with van der Waals surface area (Å²) in [5.41, 5.74) is 9.45. The van der Waals surface area contributed by atoms with Gasteiger partial charge in [0.25, 0.3) is 5.91 Å². The molecule has 0 aliphatic rings. The summed E-state index contributed by atoms with van der Waals surface area (Å²) >= 11 is 2.19. The SMILES string of the molecule is Cc1nc2c(C(N)=O)cnn2c(C)c1CCC(=O)Nc1ccccc1I. The molecule has 3 rings (SSSR count). The molecule has 0 fully saturated rings. The second-order valence-electron chi connectivity index (χ2n) is 5.95. The predicted molar refractivity (Wildman–Crippen MR) is 107 cm³/mol. The standard InChI is InChI=1S/C18H18IN5O2/c1-10-12(7-8-16(25)23-15-6-4-3-5-14(15)19)11(2)24-18(22-10)13(9-21-24)17(20)26/h3-6,9H,7-8H2,1-2H3,(H2,20,26)(H,23,25). The van der Waals surface area contributed by atoms with Crippen molar-refractivity contribution in [2.45, 2.75) is 26.7 Å². The molecule has 0 radical (unpaired) electrons. The maximum absolute atomic E-state index is 12.3. The predicted octanol–water partition coefficient (Wildman–Crippen LogP) is 2.62. The number of fused-ring (bicyclic) bond motifs is 1. The first-order valence-corrected chi connectivity index (χ1v) is 9.14. The molecule has 0 atom stereocenters. The van der Waals surface area contributed by atoms with Crippen LogP contribution in [0.2, 0.25) is 0 Å². The molecule has 0 saturated carbocycles. The van der Waals surface area contributed by atoms with Gasteiger partial charge in [-0.2, -0.15) is 5.10 Å². The van der Waals surface area contributed by atoms with Gasteiger partial charge in [-0.15, -0.1) is 0 Å². The Labute approximate surface area is 164 Å². The smallest absolute Gasteiger partial charge is 0.254 e. The number of amides is 2. The Bertz CT molecular complexity index is 1010. The maximum atomic E-state index is 12.3. The van der Waals surface area contributed by atoms with Crippen LogP contribution in [-0.2, 0) is 11.2 Å². The number of halogens is 1. The third-order valence-electron chi connectivity index (χ3n) is 4.22. The summed E-state index contributed by atoms with van der Waals surface area (Å²) in [4.78, 5) is 28.2. The van der Waals surface area contributed by atoms with E-state index < -0.39 is 5.91 Å². The molecule has 2 amide bonds. The largest absolute Gasteiger partial charge is 0.365 e. The summed E-state index contributed by atoms with van der Waals surface area (Å²) in [6, 6.07) is 7.63. The van der Waals surface area contributed by atoms with Crippen LogP contribution < -0.4 is 11.1 Å². The molecule has 2 aromatic heterocycles. The summed E-state index contributed by atoms with van der Waals surface area (Å²) in [7, 11) is 0. The molecule has 0 spiro atoms. The molecule has 2 heterocycles. The number of para-hydroxylation sites is 1. The average Bonchev–Trinajstić information content (AvgIpc) is 3.01. The maximum Gasteiger partial charge on any atom is 0.254 e. The van der Waals surface area contributed by atoms with Crippen molar-refractivity contribution in [1.29, 1.82) is 0 Å². The molecule has 134 valence electrons. The lowest BCUT2D eigenvalue weighted by Crippen LogP contribution is -2.15. The first-order chi connectivity index (χ1) is 12.4. The fraction of sp³-hybridized carbons (Fsp3) is 0.222. The van der Waals surface area contributed by atoms with Crippen LogP contribution in [0, 0.1) is 17.4 Å². The van der Waals surface area contributed by atoms with Crippen LogP contribution in [0.3, 0.4) is 0 Å². The highest BCUT2D eigenvalue weighted by molar-refractivity contribution is 14.1. The molecule has 1 aromatic carbocycles. The van der Waals surface area contributed by atoms with Crippen molar-refractivity contribution >= 4 is 45.7 Å². The topological polar surface area (TPSA) is 102 Å². The van der Waals surface area contributed by atoms with Crippen LogP contribution in [-0.4, -0.2) is 26.4 Å². The van der Waals surface area contributed by atoms with Crippen LogP contribution in [0.15, 0.2) is 30.5 Å². The molecule has 3 N–H and O–H groups in total. The lowest BCUT2D eigenvalue weighted by Gasteiger charge is -2.12. The van der Waals surface area contributed by atoms with Gasteiger partial charge < -0.3 is 11.1 Å². The zero-order valence-electron chi connectivity index (χ0n) is 14.4. The molecule has 8 heteroatoms. The fourth-order valence-corrected chi connectivity index (χ4v) is 3.38. The number of primary amides is 1. The number of hydrogen-bond acceptors (Lipinski definition) is 4. The summed E-state index contributed by atoms with van der Waals surface area (Å²) in [5.74, 6) is -0.623. The molecule has 0 saturated heterocycles. The normalized spacial score (nSPS) is 10.9. The number of aryl methyl sites for hydroxylation is 2. The van der Waals surface area contributed by atoms with Crippen molar-refractivity contribution in [2.75, 3.05) is 5.32 Å². The molecule has 0 aliphatic carbocycles. The van der Waals surface area contributed by atoms with Crippen molar-refractivity contribution in [3.63, 3.8) is 0 Å². The van der Waals surface area contributed by atoms with Gasteiger partial charge in [0.15, 0.2) is 5.65 Å². The number of carbonyl (C=O) groups is 2. The number of nitrogens with two attached hydrogens (primary N) is 1. The summed E-state index contributed by atoms with van der Waals surface area (Å²) in [5, 5.41) is 7.12. The van der Waals surface area contributed by atoms with E-state index >= 15 is 0 Å². The van der Waals surface area contributed by atoms with E-state index in [9.17, 15) is 9.59 Å². The number of hydrogen-bond donors (Lipinski definition) is 2. The van der Waals surface area contributed by atoms with Crippen LogP contribution in [0.5, 0.6) is 0 Å². The Morgan fingerprint density at radius 3 is 2.69 bits per heavy atom. The molecule has 0 bridgehead atoms. The Morgan fingerprint density at radius 1 is 1.27 bits per heavy atom. The van der Waals surface area contributed by atoms with Crippen LogP contribution >= 0.6 is 22.6 Å². The third-order valence-corrected chi connectivity index (χ3v) is 5.16. The first kappa shape index (κ1) is 18.3. The fourth-order valence-electron chi connectivity index (χ4n) is 2.86. The van der Waals surface area contributed by atoms with Gasteiger partial charge in [0, 0.05) is 21.4 Å². The minimum absolute atomic E-state index is 0.0636. The Balaban J connectivity index is 1.80. The lowest BCUT2D eigenvalue weighted by molar-refractivity contribution is -0.116. The molecule has 0 aliphatic heterocycles. The quantitative estimate of drug-likeness (QED) is 0.568. The molecule has 7 nitrogen and oxygen atoms in total. The Hall–Kier alpha value is -2.49. The van der Waals surface area contributed by atoms with Gasteiger partial charge in [0.05, 0.1) is 11.9 Å². The van der Waals surface area contributed by atoms with E-state index in [1.165, 1.54) is 6.20 Å². The van der Waals surface area contributed by atoms with Crippen LogP contribution in [0.1, 0.15) is 33.7 Å². The number of anilines is 1. The third kappa shape index (κ3) is 3.55. The number of aromatic nitrogens is 3. The summed E-state index contributed by atoms with van der Waals surface area (Å²) in [6.07, 6.45) is 2.27. The van der Waals surface area contributed by atoms with Crippen LogP contribution in [0.25, 0.3) is 5.65 Å². The van der Waals surface area contributed by atoms with Gasteiger partial charge in [-0.25, -0.2) is 9.50 Å². The number of nitrogens with one attached hydrogen (secondary N) is 1. The van der Waals surface area contributed by atoms with Gasteiger partial charge in [-0.3, -0.25) is 9.59 Å². The number of nitrogens with zero attached hydrogens (tertiary/aromatic N) is 3. The van der Waals surface area contributed by atoms with E-state index in [1.807, 2.05) is 38.1 Å². The van der Waals surface area contributed by atoms with Gasteiger partial charge >= 0.3 is 0 Å². The number of carbonyl (C=O) groups excluding carboxylic acids is 2. The molecular formula is C18H18IN5O2. The van der Waals surface area contributed by atoms with E-state index in [4.69, 9.17) is 5.73 Å². The van der Waals surface area contributed by atoms with Crippen molar-refractivity contribution in [1.82, 2.24) is 14.6 Å². The number of benzene rings is 1. The zero-order chi connectivity index (χ0) is 18.8. The zero-order valence-corrected chi connectivity index (χ0v) is 16.6. The van der Waals surface area contributed by atoms with Gasteiger partial charge in [0.1, 0.15) is 5.56 Å². The van der Waals surface area contributed by atoms with Crippen molar-refractivity contribution in [2.24, 2.45) is 5.73 Å². The van der Waals surface area contributed by atoms with Gasteiger partial charge in [-0.1, -0.05) is 12.1 Å². The highest BCUT2D eigenvalue weighted by Crippen LogP contribution is 2.20. The minimum atomic E-state index is -0.559. The van der Waals surface area contributed by atoms with E-state index in [2.05, 4.69) is 38.0 Å². The highest BCUT2D eigenvalue weighted by Gasteiger charge is 2.17. The average molecular weight is 463 g/mol. The van der Waals surface area contributed by atoms with Crippen molar-refractivity contribution < 1.29 is 9.59 Å². The van der Waals surface area contributed by atoms with Crippen molar-refractivity contribution in [3.8, 4) is 0 Å². The van der Waals surface area contributed by atoms with E-state index in [1.54, 1.807) is 4.52 Å². The Kier molecular flexibility index (Phi) is 5.21. The minimum Gasteiger partial charge on any atom is -0.365 e. The van der Waals surface area contributed by atoms with E-state index in [0.717, 1.165) is 26.2 Å². The second kappa shape index (κ2) is 7.40. The first-order valence-electron chi connectivity index (χ1n) is 8.06. The van der Waals surface area contributed by atoms with Crippen molar-refractivity contribution in [3.05, 3.63) is 56.5 Å². The molecular weight excluding hydrogens is 445 g/mol. The van der Waals surface area contributed by atoms with Gasteiger partial charge in [0.2, 0.25) is 5.91 Å². The molecule has 0 unspecified atom stereocenters. The lowest BCUT2D eigenvalue weighted by atomic mass is 10.1. The summed E-state index contributed by atoms with van der Waals surface area (Å²) in [6.45, 7) is 3.75.